The van der Waals surface area contributed by atoms with Crippen LogP contribution in [0.4, 0.5) is 8.78 Å². The molecule has 25 heavy (non-hydrogen) atoms. The number of benzene rings is 1. The molecule has 1 aromatic carbocycles. The predicted octanol–water partition coefficient (Wildman–Crippen LogP) is 2.60. The predicted molar refractivity (Wildman–Crippen MR) is 96.2 cm³/mol. The summed E-state index contributed by atoms with van der Waals surface area (Å²) in [5.41, 5.74) is 1.68. The zero-order valence-electron chi connectivity index (χ0n) is 15.2. The quantitative estimate of drug-likeness (QED) is 0.609. The van der Waals surface area contributed by atoms with Crippen LogP contribution < -0.4 is 15.4 Å². The zero-order valence-corrected chi connectivity index (χ0v) is 15.2. The summed E-state index contributed by atoms with van der Waals surface area (Å²) in [6.07, 6.45) is 2.34. The van der Waals surface area contributed by atoms with Crippen LogP contribution in [-0.4, -0.2) is 51.2 Å². The molecule has 0 aromatic heterocycles. The Morgan fingerprint density at radius 2 is 2.04 bits per heavy atom. The third-order valence-electron chi connectivity index (χ3n) is 4.50. The van der Waals surface area contributed by atoms with E-state index < -0.39 is 6.61 Å². The number of alkyl halides is 2. The van der Waals surface area contributed by atoms with Crippen molar-refractivity contribution in [3.8, 4) is 5.75 Å². The lowest BCUT2D eigenvalue weighted by Crippen LogP contribution is -2.42. The standard InChI is InChI=1S/C18H28F2N4O/c1-13-4-5-16(25-17(19)20)15(10-13)12-23-18(21-2)22-11-14-6-8-24(3)9-7-14/h4-5,10,14,17H,6-9,11-12H2,1-3H3,(H2,21,22,23). The van der Waals surface area contributed by atoms with Crippen LogP contribution in [0.25, 0.3) is 0 Å². The summed E-state index contributed by atoms with van der Waals surface area (Å²) in [6.45, 7) is 2.57. The number of ether oxygens (including phenoxy) is 1. The van der Waals surface area contributed by atoms with Gasteiger partial charge in [0.2, 0.25) is 0 Å². The maximum Gasteiger partial charge on any atom is 0.387 e. The van der Waals surface area contributed by atoms with Crippen molar-refractivity contribution in [2.45, 2.75) is 32.9 Å². The average molecular weight is 354 g/mol. The number of halogens is 2. The number of nitrogens with zero attached hydrogens (tertiary/aromatic N) is 2. The number of likely N-dealkylation sites (tertiary alicyclic amines) is 1. The Hall–Kier alpha value is -1.89. The number of hydrogen-bond acceptors (Lipinski definition) is 3. The largest absolute Gasteiger partial charge is 0.434 e. The van der Waals surface area contributed by atoms with Gasteiger partial charge in [0.05, 0.1) is 0 Å². The lowest BCUT2D eigenvalue weighted by Gasteiger charge is -2.29. The van der Waals surface area contributed by atoms with Gasteiger partial charge in [-0.1, -0.05) is 17.7 Å². The summed E-state index contributed by atoms with van der Waals surface area (Å²) >= 11 is 0. The normalized spacial score (nSPS) is 17.0. The molecule has 0 unspecified atom stereocenters. The summed E-state index contributed by atoms with van der Waals surface area (Å²) in [6, 6.07) is 5.18. The molecule has 0 amide bonds. The highest BCUT2D eigenvalue weighted by Crippen LogP contribution is 2.22. The van der Waals surface area contributed by atoms with Crippen LogP contribution in [-0.2, 0) is 6.54 Å². The Labute approximate surface area is 148 Å². The van der Waals surface area contributed by atoms with Crippen LogP contribution in [0.3, 0.4) is 0 Å². The van der Waals surface area contributed by atoms with Gasteiger partial charge in [0.15, 0.2) is 5.96 Å². The van der Waals surface area contributed by atoms with E-state index in [1.165, 1.54) is 12.8 Å². The van der Waals surface area contributed by atoms with Gasteiger partial charge in [0.25, 0.3) is 0 Å². The van der Waals surface area contributed by atoms with E-state index in [0.29, 0.717) is 24.0 Å². The first-order valence-electron chi connectivity index (χ1n) is 8.65. The molecule has 2 rings (SSSR count). The molecule has 1 aliphatic heterocycles. The summed E-state index contributed by atoms with van der Waals surface area (Å²) in [7, 11) is 3.85. The molecule has 1 heterocycles. The van der Waals surface area contributed by atoms with E-state index in [0.717, 1.165) is 25.2 Å². The molecule has 0 atom stereocenters. The fraction of sp³-hybridized carbons (Fsp3) is 0.611. The van der Waals surface area contributed by atoms with Gasteiger partial charge in [-0.15, -0.1) is 0 Å². The second-order valence-electron chi connectivity index (χ2n) is 6.54. The molecule has 5 nitrogen and oxygen atoms in total. The molecule has 2 N–H and O–H groups in total. The highest BCUT2D eigenvalue weighted by molar-refractivity contribution is 5.79. The first kappa shape index (κ1) is 19.4. The van der Waals surface area contributed by atoms with E-state index in [9.17, 15) is 8.78 Å². The highest BCUT2D eigenvalue weighted by atomic mass is 19.3. The third-order valence-corrected chi connectivity index (χ3v) is 4.50. The highest BCUT2D eigenvalue weighted by Gasteiger charge is 2.17. The minimum absolute atomic E-state index is 0.193. The Bertz CT molecular complexity index is 572. The minimum atomic E-state index is -2.83. The summed E-state index contributed by atoms with van der Waals surface area (Å²) in [5.74, 6) is 1.49. The van der Waals surface area contributed by atoms with Crippen LogP contribution >= 0.6 is 0 Å². The molecule has 7 heteroatoms. The third kappa shape index (κ3) is 6.49. The molecule has 1 saturated heterocycles. The van der Waals surface area contributed by atoms with Crippen molar-refractivity contribution < 1.29 is 13.5 Å². The number of rotatable bonds is 6. The number of piperidine rings is 1. The van der Waals surface area contributed by atoms with Crippen molar-refractivity contribution in [1.82, 2.24) is 15.5 Å². The van der Waals surface area contributed by atoms with Crippen LogP contribution in [0.15, 0.2) is 23.2 Å². The molecule has 1 aromatic rings. The monoisotopic (exact) mass is 354 g/mol. The maximum atomic E-state index is 12.5. The Balaban J connectivity index is 1.87. The molecular weight excluding hydrogens is 326 g/mol. The molecule has 0 spiro atoms. The molecular formula is C18H28F2N4O. The van der Waals surface area contributed by atoms with Crippen LogP contribution in [0.1, 0.15) is 24.0 Å². The van der Waals surface area contributed by atoms with Crippen molar-refractivity contribution in [2.75, 3.05) is 33.7 Å². The van der Waals surface area contributed by atoms with E-state index in [-0.39, 0.29) is 5.75 Å². The fourth-order valence-electron chi connectivity index (χ4n) is 2.96. The molecule has 0 bridgehead atoms. The lowest BCUT2D eigenvalue weighted by molar-refractivity contribution is -0.0504. The summed E-state index contributed by atoms with van der Waals surface area (Å²) in [4.78, 5) is 6.55. The molecule has 0 saturated carbocycles. The first-order valence-corrected chi connectivity index (χ1v) is 8.65. The van der Waals surface area contributed by atoms with Crippen LogP contribution in [0, 0.1) is 12.8 Å². The SMILES string of the molecule is CN=C(NCc1cc(C)ccc1OC(F)F)NCC1CCN(C)CC1. The van der Waals surface area contributed by atoms with Crippen LogP contribution in [0.5, 0.6) is 5.75 Å². The van der Waals surface area contributed by atoms with Gasteiger partial charge in [0.1, 0.15) is 5.75 Å². The number of aryl methyl sites for hydroxylation is 1. The first-order chi connectivity index (χ1) is 12.0. The van der Waals surface area contributed by atoms with Gasteiger partial charge in [-0.25, -0.2) is 0 Å². The van der Waals surface area contributed by atoms with Gasteiger partial charge in [-0.3, -0.25) is 4.99 Å². The van der Waals surface area contributed by atoms with Crippen LogP contribution in [0.2, 0.25) is 0 Å². The van der Waals surface area contributed by atoms with Crippen molar-refractivity contribution in [2.24, 2.45) is 10.9 Å². The van der Waals surface area contributed by atoms with Crippen molar-refractivity contribution >= 4 is 5.96 Å². The summed E-state index contributed by atoms with van der Waals surface area (Å²) < 4.78 is 29.7. The van der Waals surface area contributed by atoms with E-state index in [1.54, 1.807) is 19.2 Å². The van der Waals surface area contributed by atoms with E-state index in [1.807, 2.05) is 13.0 Å². The molecule has 1 aliphatic rings. The Kier molecular flexibility index (Phi) is 7.43. The zero-order chi connectivity index (χ0) is 18.2. The van der Waals surface area contributed by atoms with Crippen molar-refractivity contribution in [1.29, 1.82) is 0 Å². The van der Waals surface area contributed by atoms with E-state index in [4.69, 9.17) is 0 Å². The second-order valence-corrected chi connectivity index (χ2v) is 6.54. The molecule has 0 aliphatic carbocycles. The number of guanidine groups is 1. The van der Waals surface area contributed by atoms with Gasteiger partial charge in [-0.05, 0) is 51.9 Å². The molecule has 1 fully saturated rings. The molecule has 0 radical (unpaired) electrons. The van der Waals surface area contributed by atoms with Gasteiger partial charge in [0, 0.05) is 25.7 Å². The van der Waals surface area contributed by atoms with E-state index in [2.05, 4.69) is 32.3 Å². The summed E-state index contributed by atoms with van der Waals surface area (Å²) in [5, 5.41) is 6.51. The Morgan fingerprint density at radius 1 is 1.32 bits per heavy atom. The number of nitrogens with one attached hydrogen (secondary N) is 2. The van der Waals surface area contributed by atoms with Crippen molar-refractivity contribution in [3.05, 3.63) is 29.3 Å². The lowest BCUT2D eigenvalue weighted by atomic mass is 9.97. The van der Waals surface area contributed by atoms with E-state index >= 15 is 0 Å². The van der Waals surface area contributed by atoms with Crippen molar-refractivity contribution in [3.63, 3.8) is 0 Å². The number of aliphatic imine (C=N–C) groups is 1. The van der Waals surface area contributed by atoms with Gasteiger partial charge in [-0.2, -0.15) is 8.78 Å². The van der Waals surface area contributed by atoms with Gasteiger partial charge >= 0.3 is 6.61 Å². The average Bonchev–Trinajstić information content (AvgIpc) is 2.58. The Morgan fingerprint density at radius 3 is 2.68 bits per heavy atom. The smallest absolute Gasteiger partial charge is 0.387 e. The minimum Gasteiger partial charge on any atom is -0.434 e. The fourth-order valence-corrected chi connectivity index (χ4v) is 2.96. The number of hydrogen-bond donors (Lipinski definition) is 2. The van der Waals surface area contributed by atoms with Gasteiger partial charge < -0.3 is 20.3 Å². The second kappa shape index (κ2) is 9.56. The maximum absolute atomic E-state index is 12.5. The molecule has 140 valence electrons. The topological polar surface area (TPSA) is 48.9 Å².